The van der Waals surface area contributed by atoms with Crippen LogP contribution in [0.1, 0.15) is 17.4 Å². The molecule has 0 saturated carbocycles. The fourth-order valence-corrected chi connectivity index (χ4v) is 2.50. The van der Waals surface area contributed by atoms with Crippen molar-refractivity contribution in [2.45, 2.75) is 13.0 Å². The van der Waals surface area contributed by atoms with E-state index in [2.05, 4.69) is 26.2 Å². The van der Waals surface area contributed by atoms with E-state index in [0.717, 1.165) is 9.86 Å². The van der Waals surface area contributed by atoms with Gasteiger partial charge in [0, 0.05) is 15.5 Å². The summed E-state index contributed by atoms with van der Waals surface area (Å²) in [5.41, 5.74) is 1.49. The van der Waals surface area contributed by atoms with Gasteiger partial charge in [-0.2, -0.15) is 0 Å². The number of anilines is 1. The van der Waals surface area contributed by atoms with Crippen molar-refractivity contribution in [3.63, 3.8) is 0 Å². The Bertz CT molecular complexity index is 925. The fraction of sp³-hybridized carbons (Fsp3) is 0.105. The standard InChI is InChI=1S/C19H15BrN2O3/c1-12(18(23)21-15-9-7-14(20)8-10-15)25-19(24)17-11-6-13-4-2-3-5-16(13)22-17/h2-12H,1H3,(H,21,23)/t12-/m1/s1. The molecule has 0 spiro atoms. The lowest BCUT2D eigenvalue weighted by atomic mass is 10.2. The monoisotopic (exact) mass is 398 g/mol. The number of benzene rings is 2. The molecule has 0 saturated heterocycles. The molecule has 1 aromatic heterocycles. The minimum Gasteiger partial charge on any atom is -0.448 e. The van der Waals surface area contributed by atoms with E-state index in [1.165, 1.54) is 6.92 Å². The first-order valence-corrected chi connectivity index (χ1v) is 8.45. The van der Waals surface area contributed by atoms with Gasteiger partial charge in [-0.15, -0.1) is 0 Å². The molecule has 0 radical (unpaired) electrons. The van der Waals surface area contributed by atoms with Crippen LogP contribution in [0.2, 0.25) is 0 Å². The van der Waals surface area contributed by atoms with Gasteiger partial charge in [0.2, 0.25) is 0 Å². The van der Waals surface area contributed by atoms with Crippen LogP contribution in [-0.4, -0.2) is 23.0 Å². The van der Waals surface area contributed by atoms with Crippen LogP contribution >= 0.6 is 15.9 Å². The predicted octanol–water partition coefficient (Wildman–Crippen LogP) is 4.18. The Hall–Kier alpha value is -2.73. The smallest absolute Gasteiger partial charge is 0.357 e. The molecule has 25 heavy (non-hydrogen) atoms. The average molecular weight is 399 g/mol. The summed E-state index contributed by atoms with van der Waals surface area (Å²) in [5, 5.41) is 3.63. The second-order valence-electron chi connectivity index (χ2n) is 5.43. The summed E-state index contributed by atoms with van der Waals surface area (Å²) in [6, 6.07) is 18.0. The van der Waals surface area contributed by atoms with Gasteiger partial charge in [-0.25, -0.2) is 9.78 Å². The molecular formula is C19H15BrN2O3. The first-order valence-electron chi connectivity index (χ1n) is 7.66. The summed E-state index contributed by atoms with van der Waals surface area (Å²) in [4.78, 5) is 28.7. The number of para-hydroxylation sites is 1. The Morgan fingerprint density at radius 2 is 1.76 bits per heavy atom. The number of halogens is 1. The van der Waals surface area contributed by atoms with Crippen molar-refractivity contribution in [2.24, 2.45) is 0 Å². The SMILES string of the molecule is C[C@@H](OC(=O)c1ccc2ccccc2n1)C(=O)Nc1ccc(Br)cc1. The third-order valence-electron chi connectivity index (χ3n) is 3.57. The van der Waals surface area contributed by atoms with E-state index in [1.54, 1.807) is 24.3 Å². The Morgan fingerprint density at radius 3 is 2.52 bits per heavy atom. The Morgan fingerprint density at radius 1 is 1.04 bits per heavy atom. The highest BCUT2D eigenvalue weighted by molar-refractivity contribution is 9.10. The third kappa shape index (κ3) is 4.22. The first-order chi connectivity index (χ1) is 12.0. The average Bonchev–Trinajstić information content (AvgIpc) is 2.63. The predicted molar refractivity (Wildman–Crippen MR) is 99.4 cm³/mol. The minimum absolute atomic E-state index is 0.169. The van der Waals surface area contributed by atoms with Crippen LogP contribution in [0.25, 0.3) is 10.9 Å². The molecular weight excluding hydrogens is 384 g/mol. The van der Waals surface area contributed by atoms with Crippen molar-refractivity contribution in [3.8, 4) is 0 Å². The minimum atomic E-state index is -0.940. The van der Waals surface area contributed by atoms with E-state index >= 15 is 0 Å². The molecule has 0 aliphatic heterocycles. The quantitative estimate of drug-likeness (QED) is 0.669. The van der Waals surface area contributed by atoms with E-state index in [4.69, 9.17) is 4.74 Å². The molecule has 1 heterocycles. The molecule has 126 valence electrons. The van der Waals surface area contributed by atoms with E-state index in [0.29, 0.717) is 11.2 Å². The summed E-state index contributed by atoms with van der Waals surface area (Å²) in [6.07, 6.45) is -0.940. The summed E-state index contributed by atoms with van der Waals surface area (Å²) >= 11 is 3.33. The number of nitrogens with one attached hydrogen (secondary N) is 1. The van der Waals surface area contributed by atoms with Crippen LogP contribution in [0.4, 0.5) is 5.69 Å². The molecule has 0 aliphatic carbocycles. The van der Waals surface area contributed by atoms with E-state index in [9.17, 15) is 9.59 Å². The zero-order chi connectivity index (χ0) is 17.8. The molecule has 5 nitrogen and oxygen atoms in total. The molecule has 0 fully saturated rings. The van der Waals surface area contributed by atoms with Crippen molar-refractivity contribution in [1.29, 1.82) is 0 Å². The maximum atomic E-state index is 12.2. The number of nitrogens with zero attached hydrogens (tertiary/aromatic N) is 1. The van der Waals surface area contributed by atoms with Gasteiger partial charge < -0.3 is 10.1 Å². The molecule has 1 amide bonds. The molecule has 1 atom stereocenters. The fourth-order valence-electron chi connectivity index (χ4n) is 2.23. The van der Waals surface area contributed by atoms with Gasteiger partial charge in [0.25, 0.3) is 5.91 Å². The van der Waals surface area contributed by atoms with Crippen molar-refractivity contribution in [1.82, 2.24) is 4.98 Å². The number of aromatic nitrogens is 1. The van der Waals surface area contributed by atoms with Gasteiger partial charge in [0.1, 0.15) is 5.69 Å². The number of esters is 1. The maximum Gasteiger partial charge on any atom is 0.357 e. The van der Waals surface area contributed by atoms with Crippen molar-refractivity contribution in [2.75, 3.05) is 5.32 Å². The van der Waals surface area contributed by atoms with Gasteiger partial charge >= 0.3 is 5.97 Å². The molecule has 0 aliphatic rings. The number of hydrogen-bond acceptors (Lipinski definition) is 4. The maximum absolute atomic E-state index is 12.2. The van der Waals surface area contributed by atoms with Crippen LogP contribution in [0, 0.1) is 0 Å². The van der Waals surface area contributed by atoms with Gasteiger partial charge in [0.05, 0.1) is 5.52 Å². The normalized spacial score (nSPS) is 11.8. The molecule has 3 aromatic rings. The van der Waals surface area contributed by atoms with Crippen molar-refractivity contribution >= 4 is 44.4 Å². The molecule has 1 N–H and O–H groups in total. The van der Waals surface area contributed by atoms with Gasteiger partial charge in [-0.05, 0) is 43.3 Å². The number of carbonyl (C=O) groups excluding carboxylic acids is 2. The highest BCUT2D eigenvalue weighted by atomic mass is 79.9. The Labute approximate surface area is 153 Å². The second kappa shape index (κ2) is 7.44. The number of rotatable bonds is 4. The lowest BCUT2D eigenvalue weighted by Gasteiger charge is -2.13. The van der Waals surface area contributed by atoms with Gasteiger partial charge in [-0.3, -0.25) is 4.79 Å². The molecule has 0 unspecified atom stereocenters. The number of pyridine rings is 1. The summed E-state index contributed by atoms with van der Waals surface area (Å²) in [5.74, 6) is -1.04. The number of amides is 1. The first kappa shape index (κ1) is 17.1. The topological polar surface area (TPSA) is 68.3 Å². The second-order valence-corrected chi connectivity index (χ2v) is 6.35. The largest absolute Gasteiger partial charge is 0.448 e. The molecule has 0 bridgehead atoms. The van der Waals surface area contributed by atoms with Crippen molar-refractivity contribution in [3.05, 3.63) is 70.8 Å². The summed E-state index contributed by atoms with van der Waals surface area (Å²) < 4.78 is 6.13. The van der Waals surface area contributed by atoms with Gasteiger partial charge in [-0.1, -0.05) is 40.2 Å². The highest BCUT2D eigenvalue weighted by Gasteiger charge is 2.20. The number of fused-ring (bicyclic) bond motifs is 1. The molecule has 6 heteroatoms. The van der Waals surface area contributed by atoms with Crippen LogP contribution in [0.5, 0.6) is 0 Å². The lowest BCUT2D eigenvalue weighted by molar-refractivity contribution is -0.123. The number of ether oxygens (including phenoxy) is 1. The highest BCUT2D eigenvalue weighted by Crippen LogP contribution is 2.15. The zero-order valence-corrected chi connectivity index (χ0v) is 15.0. The summed E-state index contributed by atoms with van der Waals surface area (Å²) in [7, 11) is 0. The van der Waals surface area contributed by atoms with Crippen LogP contribution in [-0.2, 0) is 9.53 Å². The van der Waals surface area contributed by atoms with Crippen LogP contribution < -0.4 is 5.32 Å². The number of hydrogen-bond donors (Lipinski definition) is 1. The van der Waals surface area contributed by atoms with E-state index < -0.39 is 18.0 Å². The Balaban J connectivity index is 1.66. The van der Waals surface area contributed by atoms with Gasteiger partial charge in [0.15, 0.2) is 6.10 Å². The lowest BCUT2D eigenvalue weighted by Crippen LogP contribution is -2.30. The van der Waals surface area contributed by atoms with E-state index in [-0.39, 0.29) is 5.69 Å². The van der Waals surface area contributed by atoms with E-state index in [1.807, 2.05) is 36.4 Å². The molecule has 2 aromatic carbocycles. The Kier molecular flexibility index (Phi) is 5.09. The van der Waals surface area contributed by atoms with Crippen molar-refractivity contribution < 1.29 is 14.3 Å². The molecule has 3 rings (SSSR count). The van der Waals surface area contributed by atoms with Crippen LogP contribution in [0.15, 0.2) is 65.1 Å². The summed E-state index contributed by atoms with van der Waals surface area (Å²) in [6.45, 7) is 1.52. The zero-order valence-electron chi connectivity index (χ0n) is 13.4. The van der Waals surface area contributed by atoms with Crippen LogP contribution in [0.3, 0.4) is 0 Å². The number of carbonyl (C=O) groups is 2. The third-order valence-corrected chi connectivity index (χ3v) is 4.10.